The number of ether oxygens (including phenoxy) is 1. The molecule has 1 unspecified atom stereocenters. The van der Waals surface area contributed by atoms with Crippen molar-refractivity contribution in [2.75, 3.05) is 0 Å². The lowest BCUT2D eigenvalue weighted by molar-refractivity contribution is -0.148. The molecule has 0 aliphatic rings. The summed E-state index contributed by atoms with van der Waals surface area (Å²) in [6.45, 7) is 1.70. The Morgan fingerprint density at radius 1 is 1.29 bits per heavy atom. The van der Waals surface area contributed by atoms with E-state index in [1.807, 2.05) is 30.3 Å². The monoisotopic (exact) mass is 325 g/mol. The number of carbonyl (C=O) groups excluding carboxylic acids is 1. The molecule has 0 saturated heterocycles. The molecule has 0 saturated carbocycles. The standard InChI is InChI=1S/C15H13Cl2NO3/c1-10(18-8-12(16)7-13(17)14(18)19)15(20)21-9-11-5-3-2-4-6-11/h2-8,10H,9H2,1H3. The fraction of sp³-hybridized carbons (Fsp3) is 0.200. The average Bonchev–Trinajstić information content (AvgIpc) is 2.48. The van der Waals surface area contributed by atoms with Gasteiger partial charge in [-0.05, 0) is 18.6 Å². The summed E-state index contributed by atoms with van der Waals surface area (Å²) < 4.78 is 6.36. The number of esters is 1. The van der Waals surface area contributed by atoms with Gasteiger partial charge in [0.15, 0.2) is 0 Å². The minimum absolute atomic E-state index is 0.0368. The minimum Gasteiger partial charge on any atom is -0.459 e. The van der Waals surface area contributed by atoms with Crippen LogP contribution in [0.2, 0.25) is 10.0 Å². The number of hydrogen-bond acceptors (Lipinski definition) is 3. The van der Waals surface area contributed by atoms with E-state index in [1.165, 1.54) is 12.3 Å². The molecule has 4 nitrogen and oxygen atoms in total. The second-order valence-corrected chi connectivity index (χ2v) is 5.33. The molecule has 0 radical (unpaired) electrons. The molecule has 6 heteroatoms. The lowest BCUT2D eigenvalue weighted by Crippen LogP contribution is -2.29. The van der Waals surface area contributed by atoms with Gasteiger partial charge in [0, 0.05) is 6.20 Å². The van der Waals surface area contributed by atoms with Gasteiger partial charge in [-0.1, -0.05) is 53.5 Å². The summed E-state index contributed by atoms with van der Waals surface area (Å²) in [5, 5.41) is 0.243. The number of nitrogens with zero attached hydrogens (tertiary/aromatic N) is 1. The number of carbonyl (C=O) groups is 1. The highest BCUT2D eigenvalue weighted by Gasteiger charge is 2.19. The summed E-state index contributed by atoms with van der Waals surface area (Å²) >= 11 is 11.6. The van der Waals surface area contributed by atoms with Crippen molar-refractivity contribution in [1.82, 2.24) is 4.57 Å². The molecule has 0 fully saturated rings. The van der Waals surface area contributed by atoms with Crippen molar-refractivity contribution in [3.05, 3.63) is 68.6 Å². The molecule has 1 aromatic carbocycles. The van der Waals surface area contributed by atoms with E-state index in [2.05, 4.69) is 0 Å². The van der Waals surface area contributed by atoms with Gasteiger partial charge in [-0.15, -0.1) is 0 Å². The molecule has 0 amide bonds. The van der Waals surface area contributed by atoms with Crippen LogP contribution in [-0.4, -0.2) is 10.5 Å². The van der Waals surface area contributed by atoms with Crippen LogP contribution in [0.4, 0.5) is 0 Å². The van der Waals surface area contributed by atoms with Crippen molar-refractivity contribution >= 4 is 29.2 Å². The molecule has 1 atom stereocenters. The number of halogens is 2. The van der Waals surface area contributed by atoms with Crippen LogP contribution in [0.25, 0.3) is 0 Å². The van der Waals surface area contributed by atoms with E-state index in [0.717, 1.165) is 10.1 Å². The van der Waals surface area contributed by atoms with Gasteiger partial charge in [-0.25, -0.2) is 4.79 Å². The third kappa shape index (κ3) is 3.86. The maximum Gasteiger partial charge on any atom is 0.329 e. The fourth-order valence-corrected chi connectivity index (χ4v) is 2.27. The highest BCUT2D eigenvalue weighted by Crippen LogP contribution is 2.15. The van der Waals surface area contributed by atoms with Gasteiger partial charge in [0.25, 0.3) is 5.56 Å². The van der Waals surface area contributed by atoms with E-state index in [4.69, 9.17) is 27.9 Å². The van der Waals surface area contributed by atoms with Crippen molar-refractivity contribution in [3.8, 4) is 0 Å². The van der Waals surface area contributed by atoms with Crippen LogP contribution in [-0.2, 0) is 16.1 Å². The molecule has 2 rings (SSSR count). The van der Waals surface area contributed by atoms with Gasteiger partial charge in [0.2, 0.25) is 0 Å². The average molecular weight is 326 g/mol. The highest BCUT2D eigenvalue weighted by molar-refractivity contribution is 6.34. The summed E-state index contributed by atoms with van der Waals surface area (Å²) in [6.07, 6.45) is 1.37. The first-order chi connectivity index (χ1) is 9.99. The van der Waals surface area contributed by atoms with Crippen LogP contribution in [0.15, 0.2) is 47.4 Å². The Bertz CT molecular complexity index is 698. The third-order valence-corrected chi connectivity index (χ3v) is 3.43. The van der Waals surface area contributed by atoms with E-state index < -0.39 is 17.6 Å². The van der Waals surface area contributed by atoms with Crippen molar-refractivity contribution in [2.45, 2.75) is 19.6 Å². The smallest absolute Gasteiger partial charge is 0.329 e. The molecule has 0 spiro atoms. The van der Waals surface area contributed by atoms with Gasteiger partial charge in [-0.2, -0.15) is 0 Å². The summed E-state index contributed by atoms with van der Waals surface area (Å²) in [7, 11) is 0. The van der Waals surface area contributed by atoms with Gasteiger partial charge < -0.3 is 4.74 Å². The van der Waals surface area contributed by atoms with Crippen LogP contribution >= 0.6 is 23.2 Å². The molecule has 1 aromatic heterocycles. The lowest BCUT2D eigenvalue weighted by Gasteiger charge is -2.15. The van der Waals surface area contributed by atoms with Crippen molar-refractivity contribution < 1.29 is 9.53 Å². The summed E-state index contributed by atoms with van der Waals surface area (Å²) in [6, 6.07) is 9.81. The Morgan fingerprint density at radius 3 is 2.62 bits per heavy atom. The molecule has 0 aliphatic carbocycles. The predicted octanol–water partition coefficient (Wildman–Crippen LogP) is 3.46. The fourth-order valence-electron chi connectivity index (χ4n) is 1.79. The van der Waals surface area contributed by atoms with Gasteiger partial charge in [-0.3, -0.25) is 9.36 Å². The zero-order valence-corrected chi connectivity index (χ0v) is 12.8. The first-order valence-corrected chi connectivity index (χ1v) is 7.02. The summed E-state index contributed by atoms with van der Waals surface area (Å²) in [4.78, 5) is 23.9. The van der Waals surface area contributed by atoms with Crippen LogP contribution in [0, 0.1) is 0 Å². The maximum atomic E-state index is 12.0. The number of benzene rings is 1. The van der Waals surface area contributed by atoms with Crippen molar-refractivity contribution in [2.24, 2.45) is 0 Å². The first-order valence-electron chi connectivity index (χ1n) is 6.27. The Hall–Kier alpha value is -1.78. The van der Waals surface area contributed by atoms with Crippen LogP contribution in [0.1, 0.15) is 18.5 Å². The van der Waals surface area contributed by atoms with Gasteiger partial charge >= 0.3 is 5.97 Å². The van der Waals surface area contributed by atoms with E-state index in [0.29, 0.717) is 0 Å². The number of aromatic nitrogens is 1. The Kier molecular flexibility index (Phi) is 5.04. The summed E-state index contributed by atoms with van der Waals surface area (Å²) in [5.41, 5.74) is 0.389. The zero-order chi connectivity index (χ0) is 15.4. The van der Waals surface area contributed by atoms with E-state index in [9.17, 15) is 9.59 Å². The lowest BCUT2D eigenvalue weighted by atomic mass is 10.2. The van der Waals surface area contributed by atoms with Crippen molar-refractivity contribution in [3.63, 3.8) is 0 Å². The Morgan fingerprint density at radius 2 is 1.95 bits per heavy atom. The second-order valence-electron chi connectivity index (χ2n) is 4.49. The molecule has 1 heterocycles. The van der Waals surface area contributed by atoms with Crippen LogP contribution in [0.3, 0.4) is 0 Å². The zero-order valence-electron chi connectivity index (χ0n) is 11.3. The SMILES string of the molecule is CC(C(=O)OCc1ccccc1)n1cc(Cl)cc(Cl)c1=O. The molecule has 21 heavy (non-hydrogen) atoms. The number of pyridine rings is 1. The van der Waals surface area contributed by atoms with E-state index in [1.54, 1.807) is 6.92 Å². The topological polar surface area (TPSA) is 48.3 Å². The molecule has 110 valence electrons. The Balaban J connectivity index is 2.11. The predicted molar refractivity (Wildman–Crippen MR) is 81.7 cm³/mol. The maximum absolute atomic E-state index is 12.0. The summed E-state index contributed by atoms with van der Waals surface area (Å²) in [5.74, 6) is -0.528. The van der Waals surface area contributed by atoms with E-state index >= 15 is 0 Å². The molecule has 0 N–H and O–H groups in total. The molecular formula is C15H13Cl2NO3. The largest absolute Gasteiger partial charge is 0.459 e. The minimum atomic E-state index is -0.808. The molecule has 2 aromatic rings. The number of rotatable bonds is 4. The van der Waals surface area contributed by atoms with Gasteiger partial charge in [0.1, 0.15) is 17.7 Å². The Labute approximate surface area is 131 Å². The van der Waals surface area contributed by atoms with Gasteiger partial charge in [0.05, 0.1) is 5.02 Å². The molecular weight excluding hydrogens is 313 g/mol. The van der Waals surface area contributed by atoms with Crippen molar-refractivity contribution in [1.29, 1.82) is 0 Å². The molecule has 0 aliphatic heterocycles. The normalized spacial score (nSPS) is 12.0. The van der Waals surface area contributed by atoms with Crippen LogP contribution < -0.4 is 5.56 Å². The quantitative estimate of drug-likeness (QED) is 0.809. The number of hydrogen-bond donors (Lipinski definition) is 0. The third-order valence-electron chi connectivity index (χ3n) is 2.95. The first kappa shape index (κ1) is 15.6. The second kappa shape index (κ2) is 6.78. The van der Waals surface area contributed by atoms with Crippen LogP contribution in [0.5, 0.6) is 0 Å². The highest BCUT2D eigenvalue weighted by atomic mass is 35.5. The van der Waals surface area contributed by atoms with E-state index in [-0.39, 0.29) is 16.7 Å². The molecule has 0 bridgehead atoms.